The minimum atomic E-state index is -0.874. The van der Waals surface area contributed by atoms with Crippen molar-refractivity contribution in [2.75, 3.05) is 0 Å². The molecule has 4 rings (SSSR count). The van der Waals surface area contributed by atoms with Crippen LogP contribution in [0.25, 0.3) is 0 Å². The molecular weight excluding hydrogens is 418 g/mol. The van der Waals surface area contributed by atoms with Gasteiger partial charge in [0.25, 0.3) is 0 Å². The maximum Gasteiger partial charge on any atom is 0.353 e. The Labute approximate surface area is 190 Å². The third-order valence-electron chi connectivity index (χ3n) is 5.55. The van der Waals surface area contributed by atoms with Gasteiger partial charge in [-0.05, 0) is 29.5 Å². The number of hydrogen-bond donors (Lipinski definition) is 0. The van der Waals surface area contributed by atoms with E-state index in [0.29, 0.717) is 12.0 Å². The zero-order chi connectivity index (χ0) is 23.2. The number of aromatic nitrogens is 2. The normalized spacial score (nSPS) is 10.8. The molecule has 0 saturated heterocycles. The summed E-state index contributed by atoms with van der Waals surface area (Å²) in [5.41, 5.74) is 0.681. The van der Waals surface area contributed by atoms with E-state index in [2.05, 4.69) is 0 Å². The summed E-state index contributed by atoms with van der Waals surface area (Å²) < 4.78 is 2.34. The molecule has 4 aromatic rings. The van der Waals surface area contributed by atoms with Gasteiger partial charge in [0.2, 0.25) is 0 Å². The number of nitrogens with zero attached hydrogens (tertiary/aromatic N) is 3. The van der Waals surface area contributed by atoms with Gasteiger partial charge in [0.15, 0.2) is 0 Å². The summed E-state index contributed by atoms with van der Waals surface area (Å²) in [4.78, 5) is 38.1. The maximum absolute atomic E-state index is 13.5. The average Bonchev–Trinajstić information content (AvgIpc) is 2.84. The average molecular weight is 441 g/mol. The summed E-state index contributed by atoms with van der Waals surface area (Å²) in [7, 11) is 0. The lowest BCUT2D eigenvalue weighted by molar-refractivity contribution is -0.387. The molecule has 7 heteroatoms. The lowest BCUT2D eigenvalue weighted by atomic mass is 10.1. The van der Waals surface area contributed by atoms with Crippen LogP contribution in [0.15, 0.2) is 101 Å². The predicted molar refractivity (Wildman–Crippen MR) is 127 cm³/mol. The molecule has 0 amide bonds. The summed E-state index contributed by atoms with van der Waals surface area (Å²) in [6.07, 6.45) is 0.669. The first kappa shape index (κ1) is 22.0. The number of hydrogen-bond acceptors (Lipinski definition) is 4. The highest BCUT2D eigenvalue weighted by atomic mass is 16.6. The Balaban J connectivity index is 1.87. The molecule has 1 heterocycles. The number of nitro groups is 1. The van der Waals surface area contributed by atoms with E-state index in [0.717, 1.165) is 15.7 Å². The molecule has 0 saturated carbocycles. The van der Waals surface area contributed by atoms with Crippen molar-refractivity contribution in [2.45, 2.75) is 25.9 Å². The second-order valence-electron chi connectivity index (χ2n) is 7.77. The van der Waals surface area contributed by atoms with Gasteiger partial charge in [-0.15, -0.1) is 0 Å². The second-order valence-corrected chi connectivity index (χ2v) is 7.77. The molecule has 166 valence electrons. The van der Waals surface area contributed by atoms with Crippen LogP contribution < -0.4 is 11.2 Å². The predicted octanol–water partition coefficient (Wildman–Crippen LogP) is 3.80. The SMILES string of the molecule is O=c1c([N+](=O)[O-])c(CCc2ccccc2)n(Cc2ccccc2)c(=O)n1Cc1ccccc1. The molecule has 0 aliphatic heterocycles. The fourth-order valence-electron chi connectivity index (χ4n) is 3.91. The van der Waals surface area contributed by atoms with Crippen molar-refractivity contribution in [3.63, 3.8) is 0 Å². The molecular formula is C26H23N3O4. The van der Waals surface area contributed by atoms with Gasteiger partial charge in [-0.2, -0.15) is 0 Å². The van der Waals surface area contributed by atoms with Gasteiger partial charge >= 0.3 is 16.9 Å². The molecule has 1 aromatic heterocycles. The first-order valence-electron chi connectivity index (χ1n) is 10.7. The van der Waals surface area contributed by atoms with Crippen molar-refractivity contribution in [2.24, 2.45) is 0 Å². The monoisotopic (exact) mass is 441 g/mol. The number of rotatable bonds is 8. The molecule has 0 radical (unpaired) electrons. The highest BCUT2D eigenvalue weighted by molar-refractivity contribution is 5.35. The first-order valence-corrected chi connectivity index (χ1v) is 10.7. The van der Waals surface area contributed by atoms with Crippen LogP contribution in [0.4, 0.5) is 5.69 Å². The largest absolute Gasteiger partial charge is 0.353 e. The Morgan fingerprint density at radius 1 is 0.636 bits per heavy atom. The lowest BCUT2D eigenvalue weighted by Gasteiger charge is -2.16. The number of benzene rings is 3. The molecule has 7 nitrogen and oxygen atoms in total. The number of aryl methyl sites for hydroxylation is 1. The van der Waals surface area contributed by atoms with Crippen LogP contribution in [0, 0.1) is 10.1 Å². The van der Waals surface area contributed by atoms with Gasteiger partial charge in [-0.25, -0.2) is 9.36 Å². The Kier molecular flexibility index (Phi) is 6.59. The molecule has 0 spiro atoms. The summed E-state index contributed by atoms with van der Waals surface area (Å²) in [6, 6.07) is 27.7. The Morgan fingerprint density at radius 3 is 1.58 bits per heavy atom. The third kappa shape index (κ3) is 4.98. The fraction of sp³-hybridized carbons (Fsp3) is 0.154. The van der Waals surface area contributed by atoms with Crippen molar-refractivity contribution in [3.05, 3.63) is 144 Å². The van der Waals surface area contributed by atoms with Gasteiger partial charge in [0, 0.05) is 0 Å². The van der Waals surface area contributed by atoms with Gasteiger partial charge < -0.3 is 0 Å². The molecule has 0 unspecified atom stereocenters. The Bertz CT molecular complexity index is 1360. The van der Waals surface area contributed by atoms with E-state index >= 15 is 0 Å². The summed E-state index contributed by atoms with van der Waals surface area (Å²) in [5, 5.41) is 12.1. The van der Waals surface area contributed by atoms with Crippen LogP contribution in [-0.4, -0.2) is 14.1 Å². The molecule has 0 fully saturated rings. The van der Waals surface area contributed by atoms with E-state index in [1.165, 1.54) is 4.57 Å². The van der Waals surface area contributed by atoms with E-state index in [-0.39, 0.29) is 25.2 Å². The standard InChI is InChI=1S/C26H23N3O4/c30-25-24(29(32)33)23(17-16-20-10-4-1-5-11-20)27(18-21-12-6-2-7-13-21)26(31)28(25)19-22-14-8-3-9-15-22/h1-15H,16-19H2. The van der Waals surface area contributed by atoms with Crippen LogP contribution >= 0.6 is 0 Å². The van der Waals surface area contributed by atoms with Crippen molar-refractivity contribution in [3.8, 4) is 0 Å². The van der Waals surface area contributed by atoms with Crippen LogP contribution in [-0.2, 0) is 25.9 Å². The van der Waals surface area contributed by atoms with Gasteiger partial charge in [0.05, 0.1) is 18.0 Å². The van der Waals surface area contributed by atoms with Gasteiger partial charge in [-0.1, -0.05) is 91.0 Å². The van der Waals surface area contributed by atoms with E-state index in [4.69, 9.17) is 0 Å². The minimum Gasteiger partial charge on any atom is -0.286 e. The summed E-state index contributed by atoms with van der Waals surface area (Å²) in [5.74, 6) is 0. The highest BCUT2D eigenvalue weighted by Gasteiger charge is 2.27. The molecule has 3 aromatic carbocycles. The van der Waals surface area contributed by atoms with Crippen LogP contribution in [0.1, 0.15) is 22.4 Å². The first-order chi connectivity index (χ1) is 16.0. The van der Waals surface area contributed by atoms with E-state index in [1.54, 1.807) is 24.3 Å². The smallest absolute Gasteiger partial charge is 0.286 e. The molecule has 0 aliphatic carbocycles. The zero-order valence-electron chi connectivity index (χ0n) is 18.0. The quantitative estimate of drug-likeness (QED) is 0.307. The van der Waals surface area contributed by atoms with Crippen molar-refractivity contribution >= 4 is 5.69 Å². The van der Waals surface area contributed by atoms with Crippen LogP contribution in [0.2, 0.25) is 0 Å². The van der Waals surface area contributed by atoms with Crippen molar-refractivity contribution in [1.29, 1.82) is 0 Å². The van der Waals surface area contributed by atoms with Gasteiger partial charge in [0.1, 0.15) is 5.69 Å². The summed E-state index contributed by atoms with van der Waals surface area (Å²) >= 11 is 0. The maximum atomic E-state index is 13.5. The molecule has 0 N–H and O–H groups in total. The van der Waals surface area contributed by atoms with Gasteiger partial charge in [-0.3, -0.25) is 19.5 Å². The Hall–Kier alpha value is -4.26. The molecule has 0 aliphatic rings. The topological polar surface area (TPSA) is 87.1 Å². The summed E-state index contributed by atoms with van der Waals surface area (Å²) in [6.45, 7) is 0.104. The zero-order valence-corrected chi connectivity index (χ0v) is 18.0. The molecule has 0 bridgehead atoms. The van der Waals surface area contributed by atoms with Crippen molar-refractivity contribution < 1.29 is 4.92 Å². The van der Waals surface area contributed by atoms with Crippen molar-refractivity contribution in [1.82, 2.24) is 9.13 Å². The van der Waals surface area contributed by atoms with E-state index < -0.39 is 21.9 Å². The van der Waals surface area contributed by atoms with E-state index in [1.807, 2.05) is 66.7 Å². The molecule has 33 heavy (non-hydrogen) atoms. The third-order valence-corrected chi connectivity index (χ3v) is 5.55. The Morgan fingerprint density at radius 2 is 1.09 bits per heavy atom. The fourth-order valence-corrected chi connectivity index (χ4v) is 3.91. The van der Waals surface area contributed by atoms with Crippen LogP contribution in [0.5, 0.6) is 0 Å². The second kappa shape index (κ2) is 9.91. The highest BCUT2D eigenvalue weighted by Crippen LogP contribution is 2.17. The molecule has 0 atom stereocenters. The lowest BCUT2D eigenvalue weighted by Crippen LogP contribution is -2.43. The van der Waals surface area contributed by atoms with Crippen LogP contribution in [0.3, 0.4) is 0 Å². The van der Waals surface area contributed by atoms with E-state index in [9.17, 15) is 19.7 Å². The minimum absolute atomic E-state index is 0.0346.